The van der Waals surface area contributed by atoms with Crippen LogP contribution >= 0.6 is 23.1 Å². The second kappa shape index (κ2) is 6.84. The van der Waals surface area contributed by atoms with Gasteiger partial charge in [0.1, 0.15) is 16.2 Å². The van der Waals surface area contributed by atoms with E-state index in [1.807, 2.05) is 11.8 Å². The molecule has 1 aliphatic carbocycles. The first-order valence-electron chi connectivity index (χ1n) is 9.29. The Kier molecular flexibility index (Phi) is 4.71. The van der Waals surface area contributed by atoms with Gasteiger partial charge in [0.05, 0.1) is 10.2 Å². The molecule has 3 aromatic rings. The first kappa shape index (κ1) is 17.2. The molecular weight excluding hydrogens is 346 g/mol. The molecule has 0 N–H and O–H groups in total. The van der Waals surface area contributed by atoms with Crippen molar-refractivity contribution in [3.8, 4) is 0 Å². The minimum Gasteiger partial charge on any atom is -0.242 e. The van der Waals surface area contributed by atoms with Crippen molar-refractivity contribution in [1.29, 1.82) is 0 Å². The molecule has 0 atom stereocenters. The van der Waals surface area contributed by atoms with Crippen molar-refractivity contribution in [2.75, 3.05) is 0 Å². The quantitative estimate of drug-likeness (QED) is 0.428. The van der Waals surface area contributed by atoms with Crippen LogP contribution in [-0.4, -0.2) is 20.2 Å². The molecule has 0 amide bonds. The van der Waals surface area contributed by atoms with Gasteiger partial charge in [-0.1, -0.05) is 27.7 Å². The predicted octanol–water partition coefficient (Wildman–Crippen LogP) is 5.82. The van der Waals surface area contributed by atoms with Crippen molar-refractivity contribution in [3.63, 3.8) is 0 Å². The highest BCUT2D eigenvalue weighted by atomic mass is 32.2. The van der Waals surface area contributed by atoms with Crippen LogP contribution in [0.1, 0.15) is 57.4 Å². The Morgan fingerprint density at radius 2 is 1.84 bits per heavy atom. The zero-order chi connectivity index (χ0) is 17.6. The van der Waals surface area contributed by atoms with Crippen LogP contribution in [0.2, 0.25) is 0 Å². The number of thioether (sulfide) groups is 1. The molecule has 3 aromatic heterocycles. The minimum atomic E-state index is 0.515. The Morgan fingerprint density at radius 3 is 2.56 bits per heavy atom. The van der Waals surface area contributed by atoms with Gasteiger partial charge in [0.25, 0.3) is 0 Å². The van der Waals surface area contributed by atoms with Crippen molar-refractivity contribution in [1.82, 2.24) is 15.0 Å². The molecule has 4 rings (SSSR count). The van der Waals surface area contributed by atoms with E-state index in [1.165, 1.54) is 52.6 Å². The average Bonchev–Trinajstić information content (AvgIpc) is 2.93. The Labute approximate surface area is 157 Å². The molecule has 0 fully saturated rings. The van der Waals surface area contributed by atoms with Crippen molar-refractivity contribution in [2.24, 2.45) is 5.92 Å². The maximum absolute atomic E-state index is 5.13. The molecule has 5 heteroatoms. The fraction of sp³-hybridized carbons (Fsp3) is 0.550. The monoisotopic (exact) mass is 371 g/mol. The number of rotatable bonds is 4. The molecule has 0 aliphatic heterocycles. The number of pyridine rings is 1. The van der Waals surface area contributed by atoms with Crippen LogP contribution in [0.5, 0.6) is 0 Å². The van der Waals surface area contributed by atoms with Gasteiger partial charge < -0.3 is 0 Å². The van der Waals surface area contributed by atoms with Gasteiger partial charge in [0, 0.05) is 16.3 Å². The van der Waals surface area contributed by atoms with E-state index >= 15 is 0 Å². The van der Waals surface area contributed by atoms with Crippen LogP contribution in [0.15, 0.2) is 11.4 Å². The van der Waals surface area contributed by atoms with Crippen LogP contribution in [0.25, 0.3) is 20.4 Å². The van der Waals surface area contributed by atoms with Crippen molar-refractivity contribution in [2.45, 2.75) is 70.1 Å². The van der Waals surface area contributed by atoms with Gasteiger partial charge in [-0.3, -0.25) is 0 Å². The molecular formula is C20H25N3S2. The van der Waals surface area contributed by atoms with E-state index in [4.69, 9.17) is 4.98 Å². The number of fused-ring (bicyclic) bond motifs is 5. The Morgan fingerprint density at radius 1 is 1.08 bits per heavy atom. The molecule has 3 nitrogen and oxygen atoms in total. The lowest BCUT2D eigenvalue weighted by Gasteiger charge is -2.20. The van der Waals surface area contributed by atoms with Gasteiger partial charge in [0.15, 0.2) is 0 Å². The van der Waals surface area contributed by atoms with Gasteiger partial charge in [-0.15, -0.1) is 23.1 Å². The summed E-state index contributed by atoms with van der Waals surface area (Å²) in [6, 6.07) is 0. The van der Waals surface area contributed by atoms with Crippen LogP contribution in [0.3, 0.4) is 0 Å². The highest BCUT2D eigenvalue weighted by Gasteiger charge is 2.23. The predicted molar refractivity (Wildman–Crippen MR) is 109 cm³/mol. The van der Waals surface area contributed by atoms with E-state index in [0.29, 0.717) is 11.2 Å². The van der Waals surface area contributed by atoms with E-state index in [9.17, 15) is 0 Å². The van der Waals surface area contributed by atoms with E-state index < -0.39 is 0 Å². The number of hydrogen-bond acceptors (Lipinski definition) is 5. The van der Waals surface area contributed by atoms with Crippen LogP contribution in [0, 0.1) is 5.92 Å². The van der Waals surface area contributed by atoms with Gasteiger partial charge in [-0.2, -0.15) is 0 Å². The molecule has 25 heavy (non-hydrogen) atoms. The zero-order valence-electron chi connectivity index (χ0n) is 15.4. The Bertz CT molecular complexity index is 928. The SMILES string of the molecule is CC(C)Cc1nc2sc3c(SC(C)C)ncnc3c2c2c1CCCC2. The van der Waals surface area contributed by atoms with Crippen molar-refractivity contribution < 1.29 is 0 Å². The third-order valence-electron chi connectivity index (χ3n) is 4.72. The largest absolute Gasteiger partial charge is 0.242 e. The van der Waals surface area contributed by atoms with Gasteiger partial charge in [-0.05, 0) is 49.1 Å². The summed E-state index contributed by atoms with van der Waals surface area (Å²) in [7, 11) is 0. The molecule has 0 spiro atoms. The van der Waals surface area contributed by atoms with Crippen LogP contribution in [0.4, 0.5) is 0 Å². The normalized spacial score (nSPS) is 14.8. The fourth-order valence-corrected chi connectivity index (χ4v) is 5.87. The molecule has 0 radical (unpaired) electrons. The maximum atomic E-state index is 5.13. The first-order valence-corrected chi connectivity index (χ1v) is 11.0. The molecule has 0 unspecified atom stereocenters. The number of nitrogens with zero attached hydrogens (tertiary/aromatic N) is 3. The number of aryl methyl sites for hydroxylation is 1. The molecule has 0 saturated heterocycles. The number of thiophene rings is 1. The fourth-order valence-electron chi connectivity index (χ4n) is 3.78. The summed E-state index contributed by atoms with van der Waals surface area (Å²) in [6.07, 6.45) is 7.72. The van der Waals surface area contributed by atoms with E-state index in [-0.39, 0.29) is 0 Å². The van der Waals surface area contributed by atoms with Crippen LogP contribution in [-0.2, 0) is 19.3 Å². The highest BCUT2D eigenvalue weighted by Crippen LogP contribution is 2.42. The van der Waals surface area contributed by atoms with E-state index in [0.717, 1.165) is 21.8 Å². The maximum Gasteiger partial charge on any atom is 0.126 e. The minimum absolute atomic E-state index is 0.515. The number of aromatic nitrogens is 3. The zero-order valence-corrected chi connectivity index (χ0v) is 17.1. The summed E-state index contributed by atoms with van der Waals surface area (Å²) in [5.74, 6) is 0.636. The Balaban J connectivity index is 2.00. The lowest BCUT2D eigenvalue weighted by molar-refractivity contribution is 0.615. The summed E-state index contributed by atoms with van der Waals surface area (Å²) < 4.78 is 1.22. The van der Waals surface area contributed by atoms with Crippen molar-refractivity contribution >= 4 is 43.5 Å². The van der Waals surface area contributed by atoms with Crippen molar-refractivity contribution in [3.05, 3.63) is 23.1 Å². The summed E-state index contributed by atoms with van der Waals surface area (Å²) in [4.78, 5) is 15.5. The van der Waals surface area contributed by atoms with E-state index in [1.54, 1.807) is 17.7 Å². The van der Waals surface area contributed by atoms with Gasteiger partial charge >= 0.3 is 0 Å². The smallest absolute Gasteiger partial charge is 0.126 e. The summed E-state index contributed by atoms with van der Waals surface area (Å²) in [5.41, 5.74) is 5.50. The average molecular weight is 372 g/mol. The van der Waals surface area contributed by atoms with E-state index in [2.05, 4.69) is 37.7 Å². The third-order valence-corrected chi connectivity index (χ3v) is 6.94. The molecule has 0 aromatic carbocycles. The second-order valence-electron chi connectivity index (χ2n) is 7.63. The summed E-state index contributed by atoms with van der Waals surface area (Å²) >= 11 is 3.61. The topological polar surface area (TPSA) is 38.7 Å². The second-order valence-corrected chi connectivity index (χ2v) is 10.2. The van der Waals surface area contributed by atoms with Crippen LogP contribution < -0.4 is 0 Å². The molecule has 132 valence electrons. The molecule has 0 saturated carbocycles. The lowest BCUT2D eigenvalue weighted by Crippen LogP contribution is -2.11. The first-order chi connectivity index (χ1) is 12.0. The standard InChI is InChI=1S/C20H25N3S2/c1-11(2)9-15-13-7-5-6-8-14(13)16-17-18(25-19(16)23-15)20(22-10-21-17)24-12(3)4/h10-12H,5-9H2,1-4H3. The Hall–Kier alpha value is -1.20. The number of hydrogen-bond donors (Lipinski definition) is 0. The van der Waals surface area contributed by atoms with Gasteiger partial charge in [-0.25, -0.2) is 15.0 Å². The molecule has 3 heterocycles. The highest BCUT2D eigenvalue weighted by molar-refractivity contribution is 8.00. The lowest BCUT2D eigenvalue weighted by atomic mass is 9.87. The van der Waals surface area contributed by atoms with Gasteiger partial charge in [0.2, 0.25) is 0 Å². The summed E-state index contributed by atoms with van der Waals surface area (Å²) in [5, 5.41) is 2.94. The molecule has 0 bridgehead atoms. The summed E-state index contributed by atoms with van der Waals surface area (Å²) in [6.45, 7) is 9.00. The third kappa shape index (κ3) is 3.17. The molecule has 1 aliphatic rings.